The number of amides is 1. The van der Waals surface area contributed by atoms with Crippen molar-refractivity contribution in [3.05, 3.63) is 54.1 Å². The Hall–Kier alpha value is -3.06. The number of anilines is 2. The first kappa shape index (κ1) is 22.6. The summed E-state index contributed by atoms with van der Waals surface area (Å²) in [4.78, 5) is 28.0. The number of ether oxygens (including phenoxy) is 2. The Bertz CT molecular complexity index is 875. The second-order valence-electron chi connectivity index (χ2n) is 7.89. The van der Waals surface area contributed by atoms with Crippen molar-refractivity contribution in [3.63, 3.8) is 0 Å². The van der Waals surface area contributed by atoms with Crippen molar-refractivity contribution in [2.45, 2.75) is 26.9 Å². The van der Waals surface area contributed by atoms with E-state index in [9.17, 15) is 9.59 Å². The van der Waals surface area contributed by atoms with Gasteiger partial charge in [0.15, 0.2) is 6.54 Å². The monoisotopic (exact) mass is 426 g/mol. The average Bonchev–Trinajstić information content (AvgIpc) is 2.75. The van der Waals surface area contributed by atoms with Crippen molar-refractivity contribution >= 4 is 23.3 Å². The molecule has 0 bridgehead atoms. The fourth-order valence-electron chi connectivity index (χ4n) is 3.64. The van der Waals surface area contributed by atoms with E-state index in [4.69, 9.17) is 9.47 Å². The van der Waals surface area contributed by atoms with Gasteiger partial charge in [0.1, 0.15) is 5.75 Å². The molecule has 1 fully saturated rings. The smallest absolute Gasteiger partial charge is 0.338 e. The van der Waals surface area contributed by atoms with Gasteiger partial charge < -0.3 is 24.6 Å². The Kier molecular flexibility index (Phi) is 7.89. The molecule has 0 aromatic heterocycles. The number of benzene rings is 2. The lowest BCUT2D eigenvalue weighted by atomic mass is 10.2. The van der Waals surface area contributed by atoms with E-state index in [1.165, 1.54) is 4.90 Å². The SMILES string of the molecule is CCOc1ccccc1N1CC[NH+](CC(=O)Nc2ccc(C(=O)OC(C)C)cc2)CC1. The van der Waals surface area contributed by atoms with Gasteiger partial charge in [-0.3, -0.25) is 4.79 Å². The summed E-state index contributed by atoms with van der Waals surface area (Å²) in [6, 6.07) is 14.9. The zero-order chi connectivity index (χ0) is 22.2. The minimum absolute atomic E-state index is 0.0318. The van der Waals surface area contributed by atoms with E-state index < -0.39 is 0 Å². The normalized spacial score (nSPS) is 14.4. The number of esters is 1. The Balaban J connectivity index is 1.48. The largest absolute Gasteiger partial charge is 0.492 e. The van der Waals surface area contributed by atoms with Crippen LogP contribution in [-0.4, -0.2) is 57.3 Å². The third-order valence-corrected chi connectivity index (χ3v) is 5.13. The van der Waals surface area contributed by atoms with Gasteiger partial charge in [-0.25, -0.2) is 4.79 Å². The van der Waals surface area contributed by atoms with Crippen molar-refractivity contribution in [3.8, 4) is 5.75 Å². The fourth-order valence-corrected chi connectivity index (χ4v) is 3.64. The van der Waals surface area contributed by atoms with Gasteiger partial charge in [0, 0.05) is 5.69 Å². The molecule has 1 heterocycles. The van der Waals surface area contributed by atoms with E-state index in [-0.39, 0.29) is 18.0 Å². The van der Waals surface area contributed by atoms with E-state index in [0.29, 0.717) is 24.4 Å². The molecule has 2 N–H and O–H groups in total. The van der Waals surface area contributed by atoms with Gasteiger partial charge in [-0.2, -0.15) is 0 Å². The summed E-state index contributed by atoms with van der Waals surface area (Å²) in [5, 5.41) is 2.92. The minimum atomic E-state index is -0.360. The van der Waals surface area contributed by atoms with E-state index in [1.807, 2.05) is 39.0 Å². The number of piperazine rings is 1. The molecular formula is C24H32N3O4+. The zero-order valence-electron chi connectivity index (χ0n) is 18.5. The van der Waals surface area contributed by atoms with Crippen molar-refractivity contribution in [1.29, 1.82) is 0 Å². The highest BCUT2D eigenvalue weighted by Crippen LogP contribution is 2.27. The molecule has 1 saturated heterocycles. The summed E-state index contributed by atoms with van der Waals surface area (Å²) in [5.41, 5.74) is 2.26. The molecule has 0 atom stereocenters. The molecule has 1 aliphatic heterocycles. The van der Waals surface area contributed by atoms with Gasteiger partial charge in [0.2, 0.25) is 0 Å². The summed E-state index contributed by atoms with van der Waals surface area (Å²) in [6.45, 7) is 10.2. The highest BCUT2D eigenvalue weighted by molar-refractivity contribution is 5.93. The van der Waals surface area contributed by atoms with Crippen LogP contribution in [-0.2, 0) is 9.53 Å². The number of hydrogen-bond acceptors (Lipinski definition) is 5. The number of hydrogen-bond donors (Lipinski definition) is 2. The van der Waals surface area contributed by atoms with Gasteiger partial charge in [-0.1, -0.05) is 12.1 Å². The summed E-state index contributed by atoms with van der Waals surface area (Å²) in [7, 11) is 0. The highest BCUT2D eigenvalue weighted by Gasteiger charge is 2.24. The molecule has 0 saturated carbocycles. The first-order valence-electron chi connectivity index (χ1n) is 10.9. The lowest BCUT2D eigenvalue weighted by Gasteiger charge is -2.34. The summed E-state index contributed by atoms with van der Waals surface area (Å²) < 4.78 is 10.9. The van der Waals surface area contributed by atoms with Gasteiger partial charge in [-0.05, 0) is 57.2 Å². The minimum Gasteiger partial charge on any atom is -0.492 e. The van der Waals surface area contributed by atoms with Crippen molar-refractivity contribution < 1.29 is 24.0 Å². The van der Waals surface area contributed by atoms with Crippen LogP contribution in [0, 0.1) is 0 Å². The lowest BCUT2D eigenvalue weighted by Crippen LogP contribution is -3.15. The molecule has 1 aliphatic rings. The Morgan fingerprint density at radius 2 is 1.74 bits per heavy atom. The molecule has 7 nitrogen and oxygen atoms in total. The third-order valence-electron chi connectivity index (χ3n) is 5.13. The standard InChI is InChI=1S/C24H31N3O4/c1-4-30-22-8-6-5-7-21(22)27-15-13-26(14-16-27)17-23(28)25-20-11-9-19(10-12-20)24(29)31-18(2)3/h5-12,18H,4,13-17H2,1-3H3,(H,25,28)/p+1. The number of carbonyl (C=O) groups is 2. The molecule has 2 aromatic rings. The van der Waals surface area contributed by atoms with Crippen LogP contribution < -0.4 is 19.9 Å². The number of nitrogens with zero attached hydrogens (tertiary/aromatic N) is 1. The van der Waals surface area contributed by atoms with Gasteiger partial charge in [0.25, 0.3) is 5.91 Å². The summed E-state index contributed by atoms with van der Waals surface area (Å²) in [6.07, 6.45) is -0.164. The molecular weight excluding hydrogens is 394 g/mol. The molecule has 7 heteroatoms. The van der Waals surface area contributed by atoms with Crippen LogP contribution >= 0.6 is 0 Å². The molecule has 3 rings (SSSR count). The molecule has 0 unspecified atom stereocenters. The maximum absolute atomic E-state index is 12.5. The molecule has 0 aliphatic carbocycles. The van der Waals surface area contributed by atoms with E-state index in [1.54, 1.807) is 24.3 Å². The first-order chi connectivity index (χ1) is 15.0. The topological polar surface area (TPSA) is 72.3 Å². The fraction of sp³-hybridized carbons (Fsp3) is 0.417. The Morgan fingerprint density at radius 3 is 2.39 bits per heavy atom. The van der Waals surface area contributed by atoms with E-state index in [0.717, 1.165) is 37.6 Å². The third kappa shape index (κ3) is 6.46. The number of para-hydroxylation sites is 2. The van der Waals surface area contributed by atoms with Crippen LogP contribution in [0.3, 0.4) is 0 Å². The van der Waals surface area contributed by atoms with Gasteiger partial charge in [-0.15, -0.1) is 0 Å². The number of carbonyl (C=O) groups excluding carboxylic acids is 2. The van der Waals surface area contributed by atoms with Crippen molar-refractivity contribution in [2.24, 2.45) is 0 Å². The predicted octanol–water partition coefficient (Wildman–Crippen LogP) is 1.99. The summed E-state index contributed by atoms with van der Waals surface area (Å²) in [5.74, 6) is 0.517. The van der Waals surface area contributed by atoms with E-state index >= 15 is 0 Å². The number of rotatable bonds is 8. The van der Waals surface area contributed by atoms with Crippen molar-refractivity contribution in [1.82, 2.24) is 0 Å². The Morgan fingerprint density at radius 1 is 1.06 bits per heavy atom. The highest BCUT2D eigenvalue weighted by atomic mass is 16.5. The van der Waals surface area contributed by atoms with Gasteiger partial charge >= 0.3 is 5.97 Å². The quantitative estimate of drug-likeness (QED) is 0.632. The van der Waals surface area contributed by atoms with Crippen molar-refractivity contribution in [2.75, 3.05) is 49.5 Å². The second-order valence-corrected chi connectivity index (χ2v) is 7.89. The number of nitrogens with one attached hydrogen (secondary N) is 2. The first-order valence-corrected chi connectivity index (χ1v) is 10.9. The van der Waals surface area contributed by atoms with E-state index in [2.05, 4.69) is 16.3 Å². The van der Waals surface area contributed by atoms with Crippen LogP contribution in [0.4, 0.5) is 11.4 Å². The second kappa shape index (κ2) is 10.8. The molecule has 1 amide bonds. The zero-order valence-corrected chi connectivity index (χ0v) is 18.5. The molecule has 166 valence electrons. The molecule has 31 heavy (non-hydrogen) atoms. The predicted molar refractivity (Wildman–Crippen MR) is 121 cm³/mol. The maximum atomic E-state index is 12.5. The van der Waals surface area contributed by atoms with Crippen LogP contribution in [0.1, 0.15) is 31.1 Å². The molecule has 0 spiro atoms. The number of quaternary nitrogens is 1. The lowest BCUT2D eigenvalue weighted by molar-refractivity contribution is -0.892. The van der Waals surface area contributed by atoms with Gasteiger partial charge in [0.05, 0.1) is 50.1 Å². The average molecular weight is 427 g/mol. The van der Waals surface area contributed by atoms with Crippen LogP contribution in [0.25, 0.3) is 0 Å². The van der Waals surface area contributed by atoms with Crippen LogP contribution in [0.2, 0.25) is 0 Å². The summed E-state index contributed by atoms with van der Waals surface area (Å²) >= 11 is 0. The van der Waals surface area contributed by atoms with Crippen LogP contribution in [0.5, 0.6) is 5.75 Å². The maximum Gasteiger partial charge on any atom is 0.338 e. The molecule has 0 radical (unpaired) electrons. The van der Waals surface area contributed by atoms with Crippen LogP contribution in [0.15, 0.2) is 48.5 Å². The Labute approximate surface area is 183 Å². The molecule has 2 aromatic carbocycles.